The molecule has 0 bridgehead atoms. The Bertz CT molecular complexity index is 563. The first-order valence-corrected chi connectivity index (χ1v) is 6.04. The van der Waals surface area contributed by atoms with Gasteiger partial charge in [-0.2, -0.15) is 0 Å². The molecule has 1 heterocycles. The van der Waals surface area contributed by atoms with E-state index in [1.807, 2.05) is 29.0 Å². The van der Waals surface area contributed by atoms with Gasteiger partial charge in [0.1, 0.15) is 10.8 Å². The van der Waals surface area contributed by atoms with Gasteiger partial charge < -0.3 is 10.3 Å². The number of rotatable bonds is 3. The Morgan fingerprint density at radius 3 is 2.88 bits per heavy atom. The summed E-state index contributed by atoms with van der Waals surface area (Å²) in [6, 6.07) is 5.61. The number of imidazole rings is 1. The van der Waals surface area contributed by atoms with Crippen LogP contribution in [0, 0.1) is 0 Å². The van der Waals surface area contributed by atoms with Gasteiger partial charge in [-0.05, 0) is 18.2 Å². The molecule has 0 aliphatic carbocycles. The van der Waals surface area contributed by atoms with Crippen LogP contribution >= 0.6 is 23.8 Å². The highest BCUT2D eigenvalue weighted by Gasteiger charge is 2.07. The van der Waals surface area contributed by atoms with Gasteiger partial charge in [0.05, 0.1) is 5.02 Å². The van der Waals surface area contributed by atoms with E-state index in [9.17, 15) is 0 Å². The zero-order chi connectivity index (χ0) is 12.4. The SMILES string of the molecule is CCc1nccn1-c1ccc(C(N)=S)c(Cl)c1. The lowest BCUT2D eigenvalue weighted by Gasteiger charge is -2.09. The van der Waals surface area contributed by atoms with E-state index in [0.29, 0.717) is 15.6 Å². The van der Waals surface area contributed by atoms with Gasteiger partial charge in [-0.25, -0.2) is 4.98 Å². The Hall–Kier alpha value is -1.39. The van der Waals surface area contributed by atoms with Crippen molar-refractivity contribution in [3.8, 4) is 5.69 Å². The van der Waals surface area contributed by atoms with Crippen LogP contribution in [-0.2, 0) is 6.42 Å². The molecule has 2 aromatic rings. The number of aromatic nitrogens is 2. The maximum absolute atomic E-state index is 6.14. The van der Waals surface area contributed by atoms with Gasteiger partial charge in [-0.15, -0.1) is 0 Å². The Kier molecular flexibility index (Phi) is 3.45. The Labute approximate surface area is 110 Å². The molecule has 3 nitrogen and oxygen atoms in total. The number of hydrogen-bond acceptors (Lipinski definition) is 2. The lowest BCUT2D eigenvalue weighted by Crippen LogP contribution is -2.10. The van der Waals surface area contributed by atoms with Gasteiger partial charge in [-0.3, -0.25) is 0 Å². The van der Waals surface area contributed by atoms with Crippen molar-refractivity contribution in [3.05, 3.63) is 47.0 Å². The second-order valence-corrected chi connectivity index (χ2v) is 4.44. The highest BCUT2D eigenvalue weighted by molar-refractivity contribution is 7.80. The number of nitrogens with two attached hydrogens (primary N) is 1. The average molecular weight is 266 g/mol. The smallest absolute Gasteiger partial charge is 0.112 e. The van der Waals surface area contributed by atoms with E-state index < -0.39 is 0 Å². The molecular weight excluding hydrogens is 254 g/mol. The number of hydrogen-bond donors (Lipinski definition) is 1. The lowest BCUT2D eigenvalue weighted by atomic mass is 10.2. The van der Waals surface area contributed by atoms with Crippen LogP contribution < -0.4 is 5.73 Å². The molecule has 0 spiro atoms. The fourth-order valence-electron chi connectivity index (χ4n) is 1.68. The van der Waals surface area contributed by atoms with Crippen LogP contribution in [0.3, 0.4) is 0 Å². The minimum absolute atomic E-state index is 0.308. The maximum Gasteiger partial charge on any atom is 0.112 e. The predicted molar refractivity (Wildman–Crippen MR) is 73.8 cm³/mol. The summed E-state index contributed by atoms with van der Waals surface area (Å²) >= 11 is 11.1. The molecule has 1 aromatic carbocycles. The zero-order valence-electron chi connectivity index (χ0n) is 9.35. The highest BCUT2D eigenvalue weighted by Crippen LogP contribution is 2.21. The molecule has 0 amide bonds. The van der Waals surface area contributed by atoms with Crippen LogP contribution in [0.5, 0.6) is 0 Å². The molecule has 1 aromatic heterocycles. The van der Waals surface area contributed by atoms with Crippen LogP contribution in [-0.4, -0.2) is 14.5 Å². The first kappa shape index (κ1) is 12.1. The second kappa shape index (κ2) is 4.85. The standard InChI is InChI=1S/C12H12ClN3S/c1-2-11-15-5-6-16(11)8-3-4-9(12(14)17)10(13)7-8/h3-7H,2H2,1H3,(H2,14,17). The van der Waals surface area contributed by atoms with Crippen LogP contribution in [0.2, 0.25) is 5.02 Å². The van der Waals surface area contributed by atoms with E-state index in [4.69, 9.17) is 29.6 Å². The largest absolute Gasteiger partial charge is 0.389 e. The highest BCUT2D eigenvalue weighted by atomic mass is 35.5. The van der Waals surface area contributed by atoms with Crippen molar-refractivity contribution in [1.29, 1.82) is 0 Å². The third-order valence-corrected chi connectivity index (χ3v) is 3.06. The van der Waals surface area contributed by atoms with Crippen molar-refractivity contribution < 1.29 is 0 Å². The second-order valence-electron chi connectivity index (χ2n) is 3.60. The van der Waals surface area contributed by atoms with Gasteiger partial charge >= 0.3 is 0 Å². The quantitative estimate of drug-likeness (QED) is 0.868. The number of aryl methyl sites for hydroxylation is 1. The summed E-state index contributed by atoms with van der Waals surface area (Å²) in [6.07, 6.45) is 4.54. The zero-order valence-corrected chi connectivity index (χ0v) is 10.9. The summed E-state index contributed by atoms with van der Waals surface area (Å²) in [5.74, 6) is 0.990. The molecule has 0 fully saturated rings. The summed E-state index contributed by atoms with van der Waals surface area (Å²) in [7, 11) is 0. The Balaban J connectivity index is 2.48. The number of nitrogens with zero attached hydrogens (tertiary/aromatic N) is 2. The summed E-state index contributed by atoms with van der Waals surface area (Å²) in [6.45, 7) is 2.06. The first-order valence-electron chi connectivity index (χ1n) is 5.25. The number of thiocarbonyl (C=S) groups is 1. The molecule has 17 heavy (non-hydrogen) atoms. The molecule has 0 unspecified atom stereocenters. The molecule has 0 radical (unpaired) electrons. The molecule has 88 valence electrons. The van der Waals surface area contributed by atoms with Gasteiger partial charge in [0, 0.05) is 30.1 Å². The fraction of sp³-hybridized carbons (Fsp3) is 0.167. The van der Waals surface area contributed by atoms with E-state index in [1.54, 1.807) is 6.20 Å². The number of halogens is 1. The molecule has 2 N–H and O–H groups in total. The fourth-order valence-corrected chi connectivity index (χ4v) is 2.20. The van der Waals surface area contributed by atoms with Gasteiger partial charge in [0.25, 0.3) is 0 Å². The molecular formula is C12H12ClN3S. The molecule has 0 aliphatic heterocycles. The van der Waals surface area contributed by atoms with Crippen molar-refractivity contribution in [1.82, 2.24) is 9.55 Å². The van der Waals surface area contributed by atoms with Crippen molar-refractivity contribution in [2.45, 2.75) is 13.3 Å². The number of benzene rings is 1. The summed E-state index contributed by atoms with van der Waals surface area (Å²) in [5, 5.41) is 0.561. The Morgan fingerprint density at radius 2 is 2.29 bits per heavy atom. The topological polar surface area (TPSA) is 43.8 Å². The van der Waals surface area contributed by atoms with E-state index in [2.05, 4.69) is 11.9 Å². The van der Waals surface area contributed by atoms with Crippen molar-refractivity contribution in [2.24, 2.45) is 5.73 Å². The molecule has 2 rings (SSSR count). The molecule has 0 saturated heterocycles. The molecule has 0 atom stereocenters. The predicted octanol–water partition coefficient (Wildman–Crippen LogP) is 2.72. The van der Waals surface area contributed by atoms with E-state index in [1.165, 1.54) is 0 Å². The molecule has 5 heteroatoms. The monoisotopic (exact) mass is 265 g/mol. The first-order chi connectivity index (χ1) is 8.13. The average Bonchev–Trinajstić information content (AvgIpc) is 2.76. The minimum Gasteiger partial charge on any atom is -0.389 e. The van der Waals surface area contributed by atoms with Crippen LogP contribution in [0.1, 0.15) is 18.3 Å². The van der Waals surface area contributed by atoms with E-state index in [-0.39, 0.29) is 0 Å². The van der Waals surface area contributed by atoms with E-state index in [0.717, 1.165) is 17.9 Å². The summed E-state index contributed by atoms with van der Waals surface area (Å²) in [5.41, 5.74) is 7.23. The normalized spacial score (nSPS) is 10.5. The Morgan fingerprint density at radius 1 is 1.53 bits per heavy atom. The molecule has 0 saturated carbocycles. The third-order valence-electron chi connectivity index (χ3n) is 2.53. The lowest BCUT2D eigenvalue weighted by molar-refractivity contribution is 0.891. The minimum atomic E-state index is 0.308. The van der Waals surface area contributed by atoms with Crippen LogP contribution in [0.15, 0.2) is 30.6 Å². The van der Waals surface area contributed by atoms with Gasteiger partial charge in [0.2, 0.25) is 0 Å². The van der Waals surface area contributed by atoms with Gasteiger partial charge in [-0.1, -0.05) is 30.7 Å². The van der Waals surface area contributed by atoms with Crippen LogP contribution in [0.4, 0.5) is 0 Å². The molecule has 0 aliphatic rings. The van der Waals surface area contributed by atoms with Gasteiger partial charge in [0.15, 0.2) is 0 Å². The maximum atomic E-state index is 6.14. The van der Waals surface area contributed by atoms with Crippen LogP contribution in [0.25, 0.3) is 5.69 Å². The van der Waals surface area contributed by atoms with E-state index >= 15 is 0 Å². The summed E-state index contributed by atoms with van der Waals surface area (Å²) < 4.78 is 2.00. The van der Waals surface area contributed by atoms with Crippen molar-refractivity contribution in [3.63, 3.8) is 0 Å². The van der Waals surface area contributed by atoms with Crippen molar-refractivity contribution in [2.75, 3.05) is 0 Å². The van der Waals surface area contributed by atoms with Crippen molar-refractivity contribution >= 4 is 28.8 Å². The third kappa shape index (κ3) is 2.33. The summed E-state index contributed by atoms with van der Waals surface area (Å²) in [4.78, 5) is 4.58.